The number of alkyl halides is 3. The molecular formula is C26H27F3N2O5S. The number of aryl methyl sites for hydroxylation is 1. The Morgan fingerprint density at radius 1 is 0.892 bits per heavy atom. The lowest BCUT2D eigenvalue weighted by molar-refractivity contribution is -0.0600. The lowest BCUT2D eigenvalue weighted by atomic mass is 10.1. The van der Waals surface area contributed by atoms with Crippen LogP contribution in [-0.4, -0.2) is 40.9 Å². The second kappa shape index (κ2) is 12.6. The van der Waals surface area contributed by atoms with Crippen molar-refractivity contribution in [1.82, 2.24) is 0 Å². The normalized spacial score (nSPS) is 12.4. The molecule has 0 heterocycles. The number of methoxy groups -OCH3 is 1. The molecule has 0 unspecified atom stereocenters. The third kappa shape index (κ3) is 7.96. The number of benzene rings is 3. The molecule has 0 spiro atoms. The predicted octanol–water partition coefficient (Wildman–Crippen LogP) is 4.93. The van der Waals surface area contributed by atoms with Crippen LogP contribution in [-0.2, 0) is 27.6 Å². The van der Waals surface area contributed by atoms with Gasteiger partial charge in [0.15, 0.2) is 18.3 Å². The SMILES string of the molecule is COCOc1cc(S(=O)(=O)c2ccc(CCCN=C(N)C(F)(F)F)cc2)ccc1OCc1ccccc1. The van der Waals surface area contributed by atoms with Gasteiger partial charge in [0.25, 0.3) is 0 Å². The van der Waals surface area contributed by atoms with Crippen LogP contribution in [0.5, 0.6) is 11.5 Å². The minimum atomic E-state index is -4.64. The van der Waals surface area contributed by atoms with Gasteiger partial charge in [-0.2, -0.15) is 13.2 Å². The first-order valence-electron chi connectivity index (χ1n) is 11.2. The Morgan fingerprint density at radius 2 is 1.57 bits per heavy atom. The summed E-state index contributed by atoms with van der Waals surface area (Å²) in [5.74, 6) is -0.780. The Kier molecular flexibility index (Phi) is 9.54. The van der Waals surface area contributed by atoms with E-state index in [0.29, 0.717) is 18.6 Å². The van der Waals surface area contributed by atoms with Crippen LogP contribution in [0.2, 0.25) is 0 Å². The lowest BCUT2D eigenvalue weighted by Crippen LogP contribution is -2.31. The molecule has 0 aliphatic carbocycles. The molecule has 0 atom stereocenters. The molecule has 0 saturated carbocycles. The third-order valence-corrected chi connectivity index (χ3v) is 6.99. The molecule has 0 fully saturated rings. The Morgan fingerprint density at radius 3 is 2.22 bits per heavy atom. The van der Waals surface area contributed by atoms with Crippen molar-refractivity contribution in [2.45, 2.75) is 35.4 Å². The van der Waals surface area contributed by atoms with Crippen molar-refractivity contribution in [3.63, 3.8) is 0 Å². The molecule has 0 aromatic heterocycles. The number of hydrogen-bond donors (Lipinski definition) is 1. The molecule has 3 rings (SSSR count). The van der Waals surface area contributed by atoms with Gasteiger partial charge in [-0.25, -0.2) is 8.42 Å². The molecule has 0 radical (unpaired) electrons. The summed E-state index contributed by atoms with van der Waals surface area (Å²) in [4.78, 5) is 3.39. The molecule has 0 aliphatic heterocycles. The standard InChI is InChI=1S/C26H27F3N2O5S/c1-34-18-36-24-16-22(13-14-23(24)35-17-20-6-3-2-4-7-20)37(32,33)21-11-9-19(10-12-21)8-5-15-31-25(30)26(27,28)29/h2-4,6-7,9-14,16H,5,8,15,17-18H2,1H3,(H2,30,31). The fraction of sp³-hybridized carbons (Fsp3) is 0.269. The number of ether oxygens (including phenoxy) is 3. The molecule has 0 aliphatic rings. The first-order valence-corrected chi connectivity index (χ1v) is 12.7. The minimum absolute atomic E-state index is 0.00961. The molecule has 0 saturated heterocycles. The van der Waals surface area contributed by atoms with Gasteiger partial charge >= 0.3 is 6.18 Å². The van der Waals surface area contributed by atoms with E-state index in [1.165, 1.54) is 37.4 Å². The van der Waals surface area contributed by atoms with Gasteiger partial charge in [0.2, 0.25) is 15.7 Å². The quantitative estimate of drug-likeness (QED) is 0.152. The highest BCUT2D eigenvalue weighted by molar-refractivity contribution is 7.91. The largest absolute Gasteiger partial charge is 0.485 e. The maximum absolute atomic E-state index is 13.2. The molecule has 198 valence electrons. The molecule has 2 N–H and O–H groups in total. The van der Waals surface area contributed by atoms with Crippen molar-refractivity contribution in [2.24, 2.45) is 10.7 Å². The van der Waals surface area contributed by atoms with E-state index < -0.39 is 21.8 Å². The summed E-state index contributed by atoms with van der Waals surface area (Å²) < 4.78 is 79.9. The van der Waals surface area contributed by atoms with Gasteiger partial charge in [0.1, 0.15) is 6.61 Å². The van der Waals surface area contributed by atoms with Crippen molar-refractivity contribution < 1.29 is 35.8 Å². The Balaban J connectivity index is 1.71. The zero-order valence-electron chi connectivity index (χ0n) is 20.1. The minimum Gasteiger partial charge on any atom is -0.485 e. The van der Waals surface area contributed by atoms with Crippen molar-refractivity contribution in [3.05, 3.63) is 83.9 Å². The fourth-order valence-corrected chi connectivity index (χ4v) is 4.56. The van der Waals surface area contributed by atoms with E-state index in [1.54, 1.807) is 12.1 Å². The van der Waals surface area contributed by atoms with Crippen LogP contribution in [0.1, 0.15) is 17.5 Å². The van der Waals surface area contributed by atoms with E-state index in [9.17, 15) is 21.6 Å². The summed E-state index contributed by atoms with van der Waals surface area (Å²) in [6.45, 7) is 0.0821. The molecule has 0 bridgehead atoms. The number of amidine groups is 1. The summed E-state index contributed by atoms with van der Waals surface area (Å²) in [5.41, 5.74) is 6.57. The zero-order chi connectivity index (χ0) is 26.9. The lowest BCUT2D eigenvalue weighted by Gasteiger charge is -2.14. The molecule has 3 aromatic carbocycles. The van der Waals surface area contributed by atoms with Crippen molar-refractivity contribution in [3.8, 4) is 11.5 Å². The van der Waals surface area contributed by atoms with E-state index in [1.807, 2.05) is 30.3 Å². The highest BCUT2D eigenvalue weighted by Gasteiger charge is 2.33. The number of sulfone groups is 1. The summed E-state index contributed by atoms with van der Waals surface area (Å²) in [6.07, 6.45) is -3.90. The molecule has 0 amide bonds. The number of halogens is 3. The van der Waals surface area contributed by atoms with Crippen LogP contribution in [0, 0.1) is 0 Å². The van der Waals surface area contributed by atoms with E-state index in [0.717, 1.165) is 11.1 Å². The summed E-state index contributed by atoms with van der Waals surface area (Å²) >= 11 is 0. The second-order valence-corrected chi connectivity index (χ2v) is 9.90. The van der Waals surface area contributed by atoms with Crippen molar-refractivity contribution in [2.75, 3.05) is 20.4 Å². The topological polar surface area (TPSA) is 100 Å². The van der Waals surface area contributed by atoms with Crippen LogP contribution in [0.25, 0.3) is 0 Å². The molecule has 7 nitrogen and oxygen atoms in total. The number of rotatable bonds is 12. The Hall–Kier alpha value is -3.57. The molecule has 37 heavy (non-hydrogen) atoms. The van der Waals surface area contributed by atoms with E-state index >= 15 is 0 Å². The average molecular weight is 537 g/mol. The summed E-state index contributed by atoms with van der Waals surface area (Å²) in [7, 11) is -2.43. The van der Waals surface area contributed by atoms with Crippen LogP contribution < -0.4 is 15.2 Å². The number of hydrogen-bond acceptors (Lipinski definition) is 6. The number of nitrogens with zero attached hydrogens (tertiary/aromatic N) is 1. The van der Waals surface area contributed by atoms with E-state index in [2.05, 4.69) is 4.99 Å². The van der Waals surface area contributed by atoms with Crippen LogP contribution in [0.4, 0.5) is 13.2 Å². The van der Waals surface area contributed by atoms with Crippen LogP contribution >= 0.6 is 0 Å². The number of aliphatic imine (C=N–C) groups is 1. The first-order chi connectivity index (χ1) is 17.6. The van der Waals surface area contributed by atoms with Gasteiger partial charge in [-0.15, -0.1) is 0 Å². The molecule has 3 aromatic rings. The Bertz CT molecular complexity index is 1300. The maximum Gasteiger partial charge on any atom is 0.448 e. The second-order valence-electron chi connectivity index (χ2n) is 7.95. The van der Waals surface area contributed by atoms with Gasteiger partial charge in [-0.3, -0.25) is 4.99 Å². The smallest absolute Gasteiger partial charge is 0.448 e. The van der Waals surface area contributed by atoms with E-state index in [4.69, 9.17) is 19.9 Å². The first kappa shape index (κ1) is 28.0. The highest BCUT2D eigenvalue weighted by Crippen LogP contribution is 2.33. The third-order valence-electron chi connectivity index (χ3n) is 5.22. The van der Waals surface area contributed by atoms with E-state index in [-0.39, 0.29) is 35.5 Å². The molecule has 11 heteroatoms. The fourth-order valence-electron chi connectivity index (χ4n) is 3.29. The van der Waals surface area contributed by atoms with Gasteiger partial charge < -0.3 is 19.9 Å². The highest BCUT2D eigenvalue weighted by atomic mass is 32.2. The monoisotopic (exact) mass is 536 g/mol. The van der Waals surface area contributed by atoms with Crippen molar-refractivity contribution in [1.29, 1.82) is 0 Å². The zero-order valence-corrected chi connectivity index (χ0v) is 20.9. The van der Waals surface area contributed by atoms with Crippen LogP contribution in [0.3, 0.4) is 0 Å². The van der Waals surface area contributed by atoms with Gasteiger partial charge in [-0.1, -0.05) is 42.5 Å². The Labute approximate surface area is 213 Å². The average Bonchev–Trinajstić information content (AvgIpc) is 2.89. The van der Waals surface area contributed by atoms with Gasteiger partial charge in [0.05, 0.1) is 9.79 Å². The van der Waals surface area contributed by atoms with Gasteiger partial charge in [0, 0.05) is 19.7 Å². The predicted molar refractivity (Wildman–Crippen MR) is 132 cm³/mol. The summed E-state index contributed by atoms with van der Waals surface area (Å²) in [5, 5.41) is 0. The van der Waals surface area contributed by atoms with Crippen LogP contribution in [0.15, 0.2) is 87.6 Å². The van der Waals surface area contributed by atoms with Crippen molar-refractivity contribution >= 4 is 15.7 Å². The molecular weight excluding hydrogens is 509 g/mol. The maximum atomic E-state index is 13.2. The van der Waals surface area contributed by atoms with Gasteiger partial charge in [-0.05, 0) is 48.2 Å². The summed E-state index contributed by atoms with van der Waals surface area (Å²) in [6, 6.07) is 20.0. The number of nitrogens with two attached hydrogens (primary N) is 1.